The Morgan fingerprint density at radius 3 is 1.81 bits per heavy atom. The lowest BCUT2D eigenvalue weighted by atomic mass is 10.1. The maximum Gasteiger partial charge on any atom is 0.164 e. The van der Waals surface area contributed by atoms with E-state index in [9.17, 15) is 5.26 Å². The summed E-state index contributed by atoms with van der Waals surface area (Å²) in [6.07, 6.45) is 0. The van der Waals surface area contributed by atoms with Gasteiger partial charge in [-0.2, -0.15) is 5.26 Å². The molecule has 59 heavy (non-hydrogen) atoms. The molecule has 0 saturated heterocycles. The molecule has 0 N–H and O–H groups in total. The Balaban J connectivity index is 1.12. The summed E-state index contributed by atoms with van der Waals surface area (Å²) in [4.78, 5) is 13.6. The summed E-state index contributed by atoms with van der Waals surface area (Å²) in [7, 11) is 0. The van der Waals surface area contributed by atoms with Crippen molar-refractivity contribution in [1.82, 2.24) is 24.1 Å². The van der Waals surface area contributed by atoms with Gasteiger partial charge < -0.3 is 13.6 Å². The van der Waals surface area contributed by atoms with Gasteiger partial charge in [0.15, 0.2) is 23.1 Å². The minimum Gasteiger partial charge on any atom is -0.454 e. The molecule has 12 rings (SSSR count). The van der Waals surface area contributed by atoms with Crippen LogP contribution in [0, 0.1) is 11.3 Å². The molecule has 4 heterocycles. The normalized spacial score (nSPS) is 14.1. The highest BCUT2D eigenvalue weighted by molar-refractivity contribution is 6.26. The smallest absolute Gasteiger partial charge is 0.164 e. The molecule has 4 aromatic heterocycles. The molecule has 0 aliphatic carbocycles. The molecule has 0 atom stereocenters. The molecular weight excluding hydrogens is 725 g/mol. The number of furan rings is 1. The van der Waals surface area contributed by atoms with Crippen LogP contribution in [0.1, 0.15) is 19.3 Å². The molecule has 7 nitrogen and oxygen atoms in total. The minimum atomic E-state index is -0.650. The van der Waals surface area contributed by atoms with Gasteiger partial charge in [-0.3, -0.25) is 0 Å². The number of hydrogen-bond donors (Lipinski definition) is 0. The van der Waals surface area contributed by atoms with Gasteiger partial charge in [-0.15, -0.1) is 0 Å². The SMILES string of the molecule is [2H]c1c([2H])c([2H])c(-c2nc(-c3ccc(-n4c5ccccc5c5ccc6c(c7ccccc7n6-c6cccc7c6oc6ccccc67)c54)c(C#N)c3)nc(-c3c([2H])c([2H])c([2H])c([2H])c3[2H])n2)c([2H])c1[2H]. The van der Waals surface area contributed by atoms with Crippen LogP contribution in [0.25, 0.3) is 111 Å². The molecular formula is C52H30N6O. The van der Waals surface area contributed by atoms with Crippen molar-refractivity contribution in [1.29, 1.82) is 5.26 Å². The minimum absolute atomic E-state index is 0.149. The van der Waals surface area contributed by atoms with E-state index in [4.69, 9.17) is 18.1 Å². The van der Waals surface area contributed by atoms with Gasteiger partial charge in [-0.1, -0.05) is 133 Å². The molecule has 0 bridgehead atoms. The van der Waals surface area contributed by atoms with E-state index in [0.717, 1.165) is 71.2 Å². The molecule has 0 fully saturated rings. The Hall–Kier alpha value is -8.34. The zero-order chi connectivity index (χ0) is 47.7. The van der Waals surface area contributed by atoms with Crippen LogP contribution in [-0.2, 0) is 0 Å². The van der Waals surface area contributed by atoms with Gasteiger partial charge in [0.05, 0.1) is 52.7 Å². The highest BCUT2D eigenvalue weighted by Gasteiger charge is 2.24. The molecule has 12 aromatic rings. The second-order valence-electron chi connectivity index (χ2n) is 14.0. The van der Waals surface area contributed by atoms with Crippen molar-refractivity contribution in [3.8, 4) is 51.6 Å². The van der Waals surface area contributed by atoms with Crippen molar-refractivity contribution in [3.63, 3.8) is 0 Å². The summed E-state index contributed by atoms with van der Waals surface area (Å²) in [6, 6.07) is 35.4. The first-order valence-electron chi connectivity index (χ1n) is 23.7. The third-order valence-electron chi connectivity index (χ3n) is 10.8. The van der Waals surface area contributed by atoms with Crippen LogP contribution < -0.4 is 0 Å². The van der Waals surface area contributed by atoms with Crippen molar-refractivity contribution < 1.29 is 18.1 Å². The number of aromatic nitrogens is 5. The molecule has 0 saturated carbocycles. The monoisotopic (exact) mass is 764 g/mol. The van der Waals surface area contributed by atoms with Crippen LogP contribution >= 0.6 is 0 Å². The molecule has 0 amide bonds. The van der Waals surface area contributed by atoms with E-state index in [-0.39, 0.29) is 28.1 Å². The first-order chi connectivity index (χ1) is 33.4. The molecule has 7 heteroatoms. The number of para-hydroxylation sites is 4. The van der Waals surface area contributed by atoms with Crippen LogP contribution in [0.3, 0.4) is 0 Å². The quantitative estimate of drug-likeness (QED) is 0.174. The van der Waals surface area contributed by atoms with Gasteiger partial charge in [-0.05, 0) is 48.5 Å². The lowest BCUT2D eigenvalue weighted by Crippen LogP contribution is -2.02. The third kappa shape index (κ3) is 4.97. The van der Waals surface area contributed by atoms with Crippen molar-refractivity contribution in [2.24, 2.45) is 0 Å². The summed E-state index contributed by atoms with van der Waals surface area (Å²) in [5, 5.41) is 16.9. The number of hydrogen-bond acceptors (Lipinski definition) is 5. The average Bonchev–Trinajstić information content (AvgIpc) is 4.04. The Morgan fingerprint density at radius 1 is 0.492 bits per heavy atom. The standard InChI is InChI=1S/C52H30N6O/c53-31-35-30-34(52-55-50(32-14-3-1-4-15-32)54-51(56-52)33-16-5-2-6-17-33)26-28-41(35)58-42-22-10-7-18-36(42)38-27-29-44-47(48(38)58)40-20-8-11-23-43(40)57(44)45-24-13-21-39-37-19-9-12-25-46(37)59-49(39)45/h1-30H/i1D,2D,3D,4D,5D,6D,14D,15D,16D,17D. The number of rotatable bonds is 5. The van der Waals surface area contributed by atoms with Gasteiger partial charge >= 0.3 is 0 Å². The molecule has 0 aliphatic heterocycles. The van der Waals surface area contributed by atoms with Crippen LogP contribution in [0.2, 0.25) is 0 Å². The fourth-order valence-corrected chi connectivity index (χ4v) is 8.34. The van der Waals surface area contributed by atoms with Crippen molar-refractivity contribution in [2.75, 3.05) is 0 Å². The summed E-state index contributed by atoms with van der Waals surface area (Å²) in [6.45, 7) is 0. The zero-order valence-electron chi connectivity index (χ0n) is 40.6. The fraction of sp³-hybridized carbons (Fsp3) is 0. The van der Waals surface area contributed by atoms with Gasteiger partial charge in [0, 0.05) is 49.0 Å². The lowest BCUT2D eigenvalue weighted by Gasteiger charge is -2.13. The van der Waals surface area contributed by atoms with Gasteiger partial charge in [0.2, 0.25) is 0 Å². The van der Waals surface area contributed by atoms with E-state index in [1.54, 1.807) is 18.2 Å². The van der Waals surface area contributed by atoms with E-state index in [1.807, 2.05) is 60.7 Å². The predicted molar refractivity (Wildman–Crippen MR) is 237 cm³/mol. The number of nitriles is 1. The number of benzene rings is 8. The molecule has 8 aromatic carbocycles. The van der Waals surface area contributed by atoms with Crippen molar-refractivity contribution >= 4 is 65.6 Å². The summed E-state index contributed by atoms with van der Waals surface area (Å²) in [5.74, 6) is -0.953. The fourth-order valence-electron chi connectivity index (χ4n) is 8.34. The van der Waals surface area contributed by atoms with Crippen molar-refractivity contribution in [2.45, 2.75) is 0 Å². The molecule has 0 radical (unpaired) electrons. The average molecular weight is 765 g/mol. The maximum absolute atomic E-state index is 11.1. The Kier molecular flexibility index (Phi) is 5.30. The van der Waals surface area contributed by atoms with Gasteiger partial charge in [0.25, 0.3) is 0 Å². The highest BCUT2D eigenvalue weighted by Crippen LogP contribution is 2.44. The van der Waals surface area contributed by atoms with E-state index in [1.165, 1.54) is 0 Å². The first kappa shape index (κ1) is 24.3. The topological polar surface area (TPSA) is 85.5 Å². The van der Waals surface area contributed by atoms with Crippen LogP contribution in [0.4, 0.5) is 0 Å². The molecule has 274 valence electrons. The summed E-state index contributed by atoms with van der Waals surface area (Å²) in [5.41, 5.74) is 6.07. The highest BCUT2D eigenvalue weighted by atomic mass is 16.3. The first-order valence-corrected chi connectivity index (χ1v) is 18.7. The Labute approximate surface area is 351 Å². The Bertz CT molecular complexity index is 4160. The summed E-state index contributed by atoms with van der Waals surface area (Å²) >= 11 is 0. The Morgan fingerprint density at radius 2 is 1.10 bits per heavy atom. The van der Waals surface area contributed by atoms with Crippen molar-refractivity contribution in [3.05, 3.63) is 187 Å². The zero-order valence-corrected chi connectivity index (χ0v) is 30.6. The van der Waals surface area contributed by atoms with E-state index in [2.05, 4.69) is 72.6 Å². The predicted octanol–water partition coefficient (Wildman–Crippen LogP) is 12.8. The second kappa shape index (κ2) is 12.8. The van der Waals surface area contributed by atoms with Gasteiger partial charge in [0.1, 0.15) is 11.7 Å². The van der Waals surface area contributed by atoms with Crippen LogP contribution in [0.5, 0.6) is 0 Å². The van der Waals surface area contributed by atoms with Gasteiger partial charge in [-0.25, -0.2) is 15.0 Å². The van der Waals surface area contributed by atoms with E-state index in [0.29, 0.717) is 5.69 Å². The molecule has 0 unspecified atom stereocenters. The van der Waals surface area contributed by atoms with E-state index < -0.39 is 72.1 Å². The van der Waals surface area contributed by atoms with Crippen LogP contribution in [0.15, 0.2) is 186 Å². The third-order valence-corrected chi connectivity index (χ3v) is 10.8. The summed E-state index contributed by atoms with van der Waals surface area (Å²) < 4.78 is 95.6. The number of fused-ring (bicyclic) bond motifs is 10. The maximum atomic E-state index is 11.1. The largest absolute Gasteiger partial charge is 0.454 e. The molecule has 0 spiro atoms. The van der Waals surface area contributed by atoms with Crippen LogP contribution in [-0.4, -0.2) is 24.1 Å². The molecule has 0 aliphatic rings. The number of nitrogens with zero attached hydrogens (tertiary/aromatic N) is 6. The second-order valence-corrected chi connectivity index (χ2v) is 14.0. The lowest BCUT2D eigenvalue weighted by molar-refractivity contribution is 0.666. The van der Waals surface area contributed by atoms with E-state index >= 15 is 0 Å².